The van der Waals surface area contributed by atoms with Crippen LogP contribution in [0.3, 0.4) is 0 Å². The van der Waals surface area contributed by atoms with Gasteiger partial charge in [-0.2, -0.15) is 0 Å². The quantitative estimate of drug-likeness (QED) is 0.442. The van der Waals surface area contributed by atoms with Gasteiger partial charge in [0.1, 0.15) is 11.4 Å². The Bertz CT molecular complexity index is 1370. The van der Waals surface area contributed by atoms with Gasteiger partial charge in [-0.3, -0.25) is 4.90 Å². The highest BCUT2D eigenvalue weighted by atomic mass is 16.3. The third-order valence-electron chi connectivity index (χ3n) is 8.10. The number of β-amino-alcohol motifs (C(OH)–C–C–N with tert-alkyl or cyclic N) is 1. The molecule has 5 heterocycles. The molecule has 3 aliphatic heterocycles. The van der Waals surface area contributed by atoms with E-state index in [4.69, 9.17) is 5.73 Å². The van der Waals surface area contributed by atoms with Gasteiger partial charge in [-0.1, -0.05) is 18.1 Å². The molecule has 1 aromatic carbocycles. The molecule has 0 saturated carbocycles. The lowest BCUT2D eigenvalue weighted by Gasteiger charge is -2.43. The molecular weight excluding hydrogens is 490 g/mol. The molecule has 3 saturated heterocycles. The van der Waals surface area contributed by atoms with E-state index in [0.29, 0.717) is 42.2 Å². The number of hydrogen-bond donors (Lipinski definition) is 3. The second-order valence-electron chi connectivity index (χ2n) is 10.8. The van der Waals surface area contributed by atoms with Gasteiger partial charge in [0.05, 0.1) is 24.0 Å². The number of aromatic hydroxyl groups is 1. The van der Waals surface area contributed by atoms with E-state index in [2.05, 4.69) is 53.9 Å². The Hall–Kier alpha value is -3.87. The number of aliphatic hydroxyl groups excluding tert-OH is 1. The van der Waals surface area contributed by atoms with Crippen LogP contribution in [0.1, 0.15) is 37.8 Å². The Kier molecular flexibility index (Phi) is 7.22. The van der Waals surface area contributed by atoms with Crippen LogP contribution in [0.15, 0.2) is 48.7 Å². The number of piperazine rings is 1. The first-order valence-corrected chi connectivity index (χ1v) is 13.9. The summed E-state index contributed by atoms with van der Waals surface area (Å²) in [5, 5.41) is 28.8. The van der Waals surface area contributed by atoms with Crippen LogP contribution >= 0.6 is 0 Å². The summed E-state index contributed by atoms with van der Waals surface area (Å²) in [5.41, 5.74) is 10.3. The highest BCUT2D eigenvalue weighted by Crippen LogP contribution is 2.39. The number of aromatic nitrogens is 3. The van der Waals surface area contributed by atoms with E-state index in [0.717, 1.165) is 68.8 Å². The van der Waals surface area contributed by atoms with Crippen LogP contribution in [-0.2, 0) is 0 Å². The van der Waals surface area contributed by atoms with Crippen LogP contribution < -0.4 is 15.5 Å². The molecule has 3 unspecified atom stereocenters. The van der Waals surface area contributed by atoms with Crippen molar-refractivity contribution in [3.63, 3.8) is 0 Å². The van der Waals surface area contributed by atoms with Crippen molar-refractivity contribution in [3.8, 4) is 28.8 Å². The van der Waals surface area contributed by atoms with Crippen molar-refractivity contribution in [2.75, 3.05) is 48.3 Å². The molecule has 0 amide bonds. The molecule has 4 N–H and O–H groups in total. The number of anilines is 3. The van der Waals surface area contributed by atoms with E-state index >= 15 is 0 Å². The maximum Gasteiger partial charge on any atom is 0.169 e. The molecule has 9 heteroatoms. The lowest BCUT2D eigenvalue weighted by molar-refractivity contribution is 0.127. The SMILES string of the molecule is Nc1nnc(-c2ccccc2O)cc1N1CC2CCC(C1)N2c1ccnc(C#CCN2CCCCC(O)C2)c1. The van der Waals surface area contributed by atoms with Gasteiger partial charge >= 0.3 is 0 Å². The van der Waals surface area contributed by atoms with Gasteiger partial charge in [-0.25, -0.2) is 4.98 Å². The van der Waals surface area contributed by atoms with Gasteiger partial charge in [0.15, 0.2) is 5.82 Å². The molecule has 0 spiro atoms. The lowest BCUT2D eigenvalue weighted by Crippen LogP contribution is -2.54. The van der Waals surface area contributed by atoms with Gasteiger partial charge in [-0.05, 0) is 74.9 Å². The average Bonchev–Trinajstić information content (AvgIpc) is 3.07. The Morgan fingerprint density at radius 3 is 2.62 bits per heavy atom. The first kappa shape index (κ1) is 25.4. The van der Waals surface area contributed by atoms with Gasteiger partial charge < -0.3 is 25.7 Å². The molecule has 0 aliphatic carbocycles. The number of para-hydroxylation sites is 1. The Morgan fingerprint density at radius 2 is 1.79 bits per heavy atom. The number of rotatable bonds is 4. The van der Waals surface area contributed by atoms with E-state index in [1.165, 1.54) is 0 Å². The summed E-state index contributed by atoms with van der Waals surface area (Å²) in [6.45, 7) is 3.98. The normalized spacial score (nSPS) is 23.3. The highest BCUT2D eigenvalue weighted by molar-refractivity contribution is 5.74. The largest absolute Gasteiger partial charge is 0.507 e. The van der Waals surface area contributed by atoms with Gasteiger partial charge in [-0.15, -0.1) is 10.2 Å². The topological polar surface area (TPSA) is 115 Å². The molecule has 9 nitrogen and oxygen atoms in total. The highest BCUT2D eigenvalue weighted by Gasteiger charge is 2.40. The summed E-state index contributed by atoms with van der Waals surface area (Å²) in [5.74, 6) is 7.11. The van der Waals surface area contributed by atoms with Crippen LogP contribution in [0.2, 0.25) is 0 Å². The maximum absolute atomic E-state index is 10.3. The fourth-order valence-electron chi connectivity index (χ4n) is 6.22. The monoisotopic (exact) mass is 525 g/mol. The molecule has 3 atom stereocenters. The van der Waals surface area contributed by atoms with Crippen molar-refractivity contribution in [3.05, 3.63) is 54.4 Å². The van der Waals surface area contributed by atoms with Crippen molar-refractivity contribution >= 4 is 17.2 Å². The second-order valence-corrected chi connectivity index (χ2v) is 10.8. The Balaban J connectivity index is 1.17. The molecule has 3 fully saturated rings. The first-order chi connectivity index (χ1) is 19.0. The number of pyridine rings is 1. The smallest absolute Gasteiger partial charge is 0.169 e. The predicted molar refractivity (Wildman–Crippen MR) is 152 cm³/mol. The molecule has 3 aromatic rings. The van der Waals surface area contributed by atoms with Gasteiger partial charge in [0.2, 0.25) is 0 Å². The fraction of sp³-hybridized carbons (Fsp3) is 0.433. The number of phenolic OH excluding ortho intramolecular Hbond substituents is 1. The number of fused-ring (bicyclic) bond motifs is 2. The van der Waals surface area contributed by atoms with Crippen molar-refractivity contribution in [2.24, 2.45) is 0 Å². The number of nitrogens with two attached hydrogens (primary N) is 1. The third-order valence-corrected chi connectivity index (χ3v) is 8.10. The zero-order valence-corrected chi connectivity index (χ0v) is 22.1. The molecule has 3 aliphatic rings. The minimum Gasteiger partial charge on any atom is -0.507 e. The number of benzene rings is 1. The minimum atomic E-state index is -0.250. The van der Waals surface area contributed by atoms with E-state index < -0.39 is 0 Å². The summed E-state index contributed by atoms with van der Waals surface area (Å²) in [6.07, 6.45) is 6.87. The number of aliphatic hydroxyl groups is 1. The van der Waals surface area contributed by atoms with Crippen molar-refractivity contribution in [1.29, 1.82) is 0 Å². The van der Waals surface area contributed by atoms with Gasteiger partial charge in [0.25, 0.3) is 0 Å². The van der Waals surface area contributed by atoms with Gasteiger partial charge in [0, 0.05) is 49.2 Å². The summed E-state index contributed by atoms with van der Waals surface area (Å²) in [6, 6.07) is 14.0. The summed E-state index contributed by atoms with van der Waals surface area (Å²) in [4.78, 5) is 11.6. The molecular formula is C30H35N7O2. The maximum atomic E-state index is 10.3. The summed E-state index contributed by atoms with van der Waals surface area (Å²) in [7, 11) is 0. The number of phenols is 1. The van der Waals surface area contributed by atoms with Crippen molar-refractivity contribution < 1.29 is 10.2 Å². The standard InChI is InChI=1S/C30H35N7O2/c31-30-28(17-27(33-34-30)26-8-1-2-9-29(26)39)36-18-23-10-11-24(19-36)37(23)22-12-13-32-21(16-22)6-5-15-35-14-4-3-7-25(38)20-35/h1-2,8-9,12-13,16-17,23-25,38-39H,3-4,7,10-11,14-15,18-20H2,(H2,31,34). The molecule has 202 valence electrons. The van der Waals surface area contributed by atoms with E-state index in [1.54, 1.807) is 12.1 Å². The van der Waals surface area contributed by atoms with Crippen LogP contribution in [0.25, 0.3) is 11.3 Å². The predicted octanol–water partition coefficient (Wildman–Crippen LogP) is 2.88. The zero-order chi connectivity index (χ0) is 26.8. The number of likely N-dealkylation sites (tertiary alicyclic amines) is 1. The number of hydrogen-bond acceptors (Lipinski definition) is 9. The number of nitrogens with zero attached hydrogens (tertiary/aromatic N) is 6. The first-order valence-electron chi connectivity index (χ1n) is 13.9. The van der Waals surface area contributed by atoms with Crippen molar-refractivity contribution in [2.45, 2.75) is 50.3 Å². The third kappa shape index (κ3) is 5.49. The number of nitrogen functional groups attached to an aromatic ring is 1. The van der Waals surface area contributed by atoms with Crippen LogP contribution in [0.4, 0.5) is 17.2 Å². The van der Waals surface area contributed by atoms with E-state index in [1.807, 2.05) is 24.4 Å². The average molecular weight is 526 g/mol. The minimum absolute atomic E-state index is 0.174. The fourth-order valence-corrected chi connectivity index (χ4v) is 6.22. The van der Waals surface area contributed by atoms with Crippen LogP contribution in [0.5, 0.6) is 5.75 Å². The zero-order valence-electron chi connectivity index (χ0n) is 22.1. The van der Waals surface area contributed by atoms with Crippen LogP contribution in [-0.4, -0.2) is 81.2 Å². The molecule has 2 bridgehead atoms. The summed E-state index contributed by atoms with van der Waals surface area (Å²) >= 11 is 0. The lowest BCUT2D eigenvalue weighted by atomic mass is 10.1. The molecule has 2 aromatic heterocycles. The molecule has 6 rings (SSSR count). The van der Waals surface area contributed by atoms with Crippen molar-refractivity contribution in [1.82, 2.24) is 20.1 Å². The summed E-state index contributed by atoms with van der Waals surface area (Å²) < 4.78 is 0. The van der Waals surface area contributed by atoms with E-state index in [-0.39, 0.29) is 11.9 Å². The Morgan fingerprint density at radius 1 is 0.974 bits per heavy atom. The molecule has 0 radical (unpaired) electrons. The van der Waals surface area contributed by atoms with Crippen LogP contribution in [0, 0.1) is 11.8 Å². The second kappa shape index (κ2) is 11.1. The Labute approximate surface area is 229 Å². The van der Waals surface area contributed by atoms with E-state index in [9.17, 15) is 10.2 Å². The molecule has 39 heavy (non-hydrogen) atoms.